The molecule has 0 unspecified atom stereocenters. The number of methoxy groups -OCH3 is 1. The Labute approximate surface area is 141 Å². The molecule has 1 aromatic rings. The number of ether oxygens (including phenoxy) is 1. The lowest BCUT2D eigenvalue weighted by molar-refractivity contribution is 0.282. The van der Waals surface area contributed by atoms with Crippen LogP contribution < -0.4 is 9.64 Å². The molecule has 0 saturated heterocycles. The summed E-state index contributed by atoms with van der Waals surface area (Å²) in [5.74, 6) is 1.90. The maximum atomic E-state index is 8.74. The van der Waals surface area contributed by atoms with E-state index in [2.05, 4.69) is 6.92 Å². The van der Waals surface area contributed by atoms with Crippen molar-refractivity contribution in [3.8, 4) is 5.75 Å². The fraction of sp³-hybridized carbons (Fsp3) is 0.737. The summed E-state index contributed by atoms with van der Waals surface area (Å²) >= 11 is 0. The molecule has 1 N–H and O–H groups in total. The van der Waals surface area contributed by atoms with Crippen molar-refractivity contribution < 1.29 is 9.84 Å². The normalized spacial score (nSPS) is 10.8. The van der Waals surface area contributed by atoms with Crippen LogP contribution in [0.1, 0.15) is 62.6 Å². The van der Waals surface area contributed by atoms with Crippen LogP contribution in [0.2, 0.25) is 0 Å². The molecule has 0 aliphatic rings. The summed E-state index contributed by atoms with van der Waals surface area (Å²) < 4.78 is 5.48. The summed E-state index contributed by atoms with van der Waals surface area (Å²) in [6.45, 7) is 2.43. The van der Waals surface area contributed by atoms with E-state index in [-0.39, 0.29) is 0 Å². The molecule has 4 heteroatoms. The van der Waals surface area contributed by atoms with Gasteiger partial charge in [-0.2, -0.15) is 0 Å². The molecular formula is C19H34N2O2. The van der Waals surface area contributed by atoms with Crippen molar-refractivity contribution in [2.75, 3.05) is 32.7 Å². The monoisotopic (exact) mass is 322 g/mol. The number of aromatic nitrogens is 1. The Morgan fingerprint density at radius 2 is 1.57 bits per heavy atom. The van der Waals surface area contributed by atoms with Crippen LogP contribution in [0.15, 0.2) is 6.07 Å². The minimum atomic E-state index is 0.335. The molecule has 0 fully saturated rings. The molecule has 0 atom stereocenters. The highest BCUT2D eigenvalue weighted by atomic mass is 16.5. The third-order valence-electron chi connectivity index (χ3n) is 4.31. The number of unbranched alkanes of at least 4 members (excludes halogenated alkanes) is 7. The highest BCUT2D eigenvalue weighted by Crippen LogP contribution is 2.26. The third kappa shape index (κ3) is 7.21. The molecule has 0 saturated carbocycles. The zero-order valence-electron chi connectivity index (χ0n) is 15.4. The van der Waals surface area contributed by atoms with Gasteiger partial charge in [0, 0.05) is 38.0 Å². The molecule has 1 heterocycles. The van der Waals surface area contributed by atoms with E-state index in [9.17, 15) is 0 Å². The predicted molar refractivity (Wildman–Crippen MR) is 97.6 cm³/mol. The van der Waals surface area contributed by atoms with Gasteiger partial charge in [-0.05, 0) is 26.2 Å². The highest BCUT2D eigenvalue weighted by Gasteiger charge is 2.10. The van der Waals surface area contributed by atoms with Crippen molar-refractivity contribution in [3.63, 3.8) is 0 Å². The zero-order chi connectivity index (χ0) is 17.1. The van der Waals surface area contributed by atoms with Gasteiger partial charge < -0.3 is 14.7 Å². The van der Waals surface area contributed by atoms with Crippen molar-refractivity contribution in [3.05, 3.63) is 17.3 Å². The predicted octanol–water partition coefficient (Wildman–Crippen LogP) is 4.12. The Bertz CT molecular complexity index is 447. The van der Waals surface area contributed by atoms with E-state index < -0.39 is 0 Å². The molecule has 132 valence electrons. The number of hydrogen-bond acceptors (Lipinski definition) is 4. The van der Waals surface area contributed by atoms with E-state index in [4.69, 9.17) is 14.8 Å². The van der Waals surface area contributed by atoms with E-state index in [0.717, 1.165) is 36.5 Å². The van der Waals surface area contributed by atoms with Gasteiger partial charge in [0.25, 0.3) is 0 Å². The SMILES string of the molecule is COc1cc(N(C)C)nc(CCCCCCCCCCO)c1C. The summed E-state index contributed by atoms with van der Waals surface area (Å²) in [7, 11) is 5.75. The van der Waals surface area contributed by atoms with Gasteiger partial charge in [0.15, 0.2) is 0 Å². The van der Waals surface area contributed by atoms with Gasteiger partial charge in [0.1, 0.15) is 11.6 Å². The fourth-order valence-electron chi connectivity index (χ4n) is 2.77. The van der Waals surface area contributed by atoms with Gasteiger partial charge in [0.05, 0.1) is 7.11 Å². The van der Waals surface area contributed by atoms with Crippen LogP contribution in [-0.2, 0) is 6.42 Å². The van der Waals surface area contributed by atoms with Crippen molar-refractivity contribution in [2.45, 2.75) is 64.7 Å². The molecule has 0 aliphatic heterocycles. The Balaban J connectivity index is 2.35. The van der Waals surface area contributed by atoms with E-state index in [1.807, 2.05) is 25.1 Å². The van der Waals surface area contributed by atoms with Crippen molar-refractivity contribution >= 4 is 5.82 Å². The number of rotatable bonds is 12. The fourth-order valence-corrected chi connectivity index (χ4v) is 2.77. The number of pyridine rings is 1. The van der Waals surface area contributed by atoms with Crippen LogP contribution in [-0.4, -0.2) is 37.9 Å². The lowest BCUT2D eigenvalue weighted by Gasteiger charge is -2.17. The van der Waals surface area contributed by atoms with Gasteiger partial charge in [-0.25, -0.2) is 4.98 Å². The van der Waals surface area contributed by atoms with Crippen LogP contribution in [0.25, 0.3) is 0 Å². The molecule has 0 radical (unpaired) electrons. The first-order chi connectivity index (χ1) is 11.1. The summed E-state index contributed by atoms with van der Waals surface area (Å²) in [4.78, 5) is 6.80. The van der Waals surface area contributed by atoms with E-state index in [0.29, 0.717) is 6.61 Å². The summed E-state index contributed by atoms with van der Waals surface area (Å²) in [6, 6.07) is 2.01. The number of aryl methyl sites for hydroxylation is 1. The molecule has 4 nitrogen and oxygen atoms in total. The molecule has 0 bridgehead atoms. The first-order valence-corrected chi connectivity index (χ1v) is 8.92. The van der Waals surface area contributed by atoms with E-state index in [1.165, 1.54) is 44.1 Å². The second-order valence-corrected chi connectivity index (χ2v) is 6.45. The van der Waals surface area contributed by atoms with Crippen LogP contribution >= 0.6 is 0 Å². The maximum Gasteiger partial charge on any atom is 0.132 e. The van der Waals surface area contributed by atoms with E-state index in [1.54, 1.807) is 7.11 Å². The smallest absolute Gasteiger partial charge is 0.132 e. The van der Waals surface area contributed by atoms with Crippen LogP contribution in [0.5, 0.6) is 5.75 Å². The van der Waals surface area contributed by atoms with Crippen molar-refractivity contribution in [2.24, 2.45) is 0 Å². The standard InChI is InChI=1S/C19H34N2O2/c1-16-17(20-19(21(2)3)15-18(16)23-4)13-11-9-7-5-6-8-10-12-14-22/h15,22H,5-14H2,1-4H3. The average Bonchev–Trinajstić information content (AvgIpc) is 2.54. The summed E-state index contributed by atoms with van der Waals surface area (Å²) in [5.41, 5.74) is 2.33. The second kappa shape index (κ2) is 11.3. The minimum Gasteiger partial charge on any atom is -0.496 e. The number of anilines is 1. The molecule has 0 amide bonds. The molecule has 0 spiro atoms. The topological polar surface area (TPSA) is 45.6 Å². The number of hydrogen-bond donors (Lipinski definition) is 1. The lowest BCUT2D eigenvalue weighted by Crippen LogP contribution is -2.13. The Kier molecular flexibility index (Phi) is 9.69. The Morgan fingerprint density at radius 3 is 2.09 bits per heavy atom. The average molecular weight is 322 g/mol. The second-order valence-electron chi connectivity index (χ2n) is 6.45. The highest BCUT2D eigenvalue weighted by molar-refractivity contribution is 5.48. The minimum absolute atomic E-state index is 0.335. The van der Waals surface area contributed by atoms with Gasteiger partial charge in [-0.3, -0.25) is 0 Å². The summed E-state index contributed by atoms with van der Waals surface area (Å²) in [5, 5.41) is 8.74. The third-order valence-corrected chi connectivity index (χ3v) is 4.31. The zero-order valence-corrected chi connectivity index (χ0v) is 15.4. The van der Waals surface area contributed by atoms with Gasteiger partial charge >= 0.3 is 0 Å². The van der Waals surface area contributed by atoms with E-state index >= 15 is 0 Å². The first-order valence-electron chi connectivity index (χ1n) is 8.92. The molecular weight excluding hydrogens is 288 g/mol. The summed E-state index contributed by atoms with van der Waals surface area (Å²) in [6.07, 6.45) is 10.7. The van der Waals surface area contributed by atoms with Gasteiger partial charge in [0.2, 0.25) is 0 Å². The van der Waals surface area contributed by atoms with Crippen LogP contribution in [0, 0.1) is 6.92 Å². The van der Waals surface area contributed by atoms with Crippen molar-refractivity contribution in [1.82, 2.24) is 4.98 Å². The molecule has 0 aromatic carbocycles. The molecule has 1 rings (SSSR count). The molecule has 23 heavy (non-hydrogen) atoms. The Morgan fingerprint density at radius 1 is 1.00 bits per heavy atom. The van der Waals surface area contributed by atoms with Crippen molar-refractivity contribution in [1.29, 1.82) is 0 Å². The molecule has 1 aromatic heterocycles. The first kappa shape index (κ1) is 19.8. The van der Waals surface area contributed by atoms with Gasteiger partial charge in [-0.1, -0.05) is 38.5 Å². The number of nitrogens with zero attached hydrogens (tertiary/aromatic N) is 2. The number of aliphatic hydroxyl groups is 1. The van der Waals surface area contributed by atoms with Crippen LogP contribution in [0.3, 0.4) is 0 Å². The lowest BCUT2D eigenvalue weighted by atomic mass is 10.0. The Hall–Kier alpha value is -1.29. The van der Waals surface area contributed by atoms with Crippen LogP contribution in [0.4, 0.5) is 5.82 Å². The quantitative estimate of drug-likeness (QED) is 0.588. The maximum absolute atomic E-state index is 8.74. The molecule has 0 aliphatic carbocycles. The largest absolute Gasteiger partial charge is 0.496 e. The van der Waals surface area contributed by atoms with Gasteiger partial charge in [-0.15, -0.1) is 0 Å². The number of aliphatic hydroxyl groups excluding tert-OH is 1.